The lowest BCUT2D eigenvalue weighted by Gasteiger charge is -1.84. The zero-order valence-electron chi connectivity index (χ0n) is 2.81. The van der Waals surface area contributed by atoms with E-state index in [4.69, 9.17) is 0 Å². The molecule has 0 amide bonds. The Labute approximate surface area is 39.9 Å². The molecule has 0 radical (unpaired) electrons. The van der Waals surface area contributed by atoms with Gasteiger partial charge >= 0.3 is 0 Å². The minimum Gasteiger partial charge on any atom is -0.235 e. The van der Waals surface area contributed by atoms with Gasteiger partial charge in [0.05, 0.1) is 0 Å². The smallest absolute Gasteiger partial charge is 0.152 e. The molecule has 0 spiro atoms. The molecule has 0 fully saturated rings. The van der Waals surface area contributed by atoms with Crippen LogP contribution in [0.3, 0.4) is 0 Å². The van der Waals surface area contributed by atoms with E-state index in [1.807, 2.05) is 0 Å². The van der Waals surface area contributed by atoms with Crippen molar-refractivity contribution in [2.45, 2.75) is 12.4 Å². The molecule has 1 atom stereocenters. The average Bonchev–Trinajstić information content (AvgIpc) is 1.38. The van der Waals surface area contributed by atoms with Crippen LogP contribution in [-0.2, 0) is 0 Å². The van der Waals surface area contributed by atoms with Gasteiger partial charge in [-0.1, -0.05) is 10.8 Å². The highest BCUT2D eigenvalue weighted by Crippen LogP contribution is 2.13. The molecule has 0 aliphatic heterocycles. The number of hydrogen-bond donors (Lipinski definition) is 1. The molecule has 0 nitrogen and oxygen atoms in total. The van der Waals surface area contributed by atoms with Crippen LogP contribution in [0.4, 0.5) is 4.39 Å². The van der Waals surface area contributed by atoms with Gasteiger partial charge in [0.15, 0.2) is 5.50 Å². The van der Waals surface area contributed by atoms with E-state index in [-0.39, 0.29) is 0 Å². The fourth-order valence-electron chi connectivity index (χ4n) is 0. The third-order valence-corrected chi connectivity index (χ3v) is 1.31. The number of rotatable bonds is 1. The second kappa shape index (κ2) is 2.85. The monoisotopic (exact) mass is 112 g/mol. The van der Waals surface area contributed by atoms with Crippen LogP contribution in [0.2, 0.25) is 0 Å². The molecule has 0 aromatic heterocycles. The van der Waals surface area contributed by atoms with Crippen LogP contribution in [0, 0.1) is 0 Å². The van der Waals surface area contributed by atoms with E-state index < -0.39 is 5.50 Å². The van der Waals surface area contributed by atoms with Gasteiger partial charge in [0, 0.05) is 0 Å². The highest BCUT2D eigenvalue weighted by atomic mass is 33.1. The van der Waals surface area contributed by atoms with E-state index in [0.717, 1.165) is 10.8 Å². The van der Waals surface area contributed by atoms with Gasteiger partial charge in [-0.05, 0) is 6.92 Å². The lowest BCUT2D eigenvalue weighted by atomic mass is 10.9. The van der Waals surface area contributed by atoms with E-state index in [1.165, 1.54) is 6.92 Å². The second-order valence-corrected chi connectivity index (χ2v) is 2.14. The SMILES string of the molecule is CC(F)SS. The van der Waals surface area contributed by atoms with Crippen molar-refractivity contribution in [1.29, 1.82) is 0 Å². The van der Waals surface area contributed by atoms with Gasteiger partial charge in [-0.15, -0.1) is 11.7 Å². The molecule has 5 heavy (non-hydrogen) atoms. The molecule has 0 heterocycles. The number of hydrogen-bond acceptors (Lipinski definition) is 2. The summed E-state index contributed by atoms with van der Waals surface area (Å²) in [5.41, 5.74) is -0.835. The van der Waals surface area contributed by atoms with Crippen molar-refractivity contribution in [3.63, 3.8) is 0 Å². The van der Waals surface area contributed by atoms with Gasteiger partial charge in [-0.3, -0.25) is 0 Å². The van der Waals surface area contributed by atoms with Crippen LogP contribution in [0.15, 0.2) is 0 Å². The molecule has 0 saturated heterocycles. The minimum atomic E-state index is -0.835. The zero-order valence-corrected chi connectivity index (χ0v) is 4.52. The van der Waals surface area contributed by atoms with Crippen molar-refractivity contribution < 1.29 is 4.39 Å². The van der Waals surface area contributed by atoms with E-state index in [2.05, 4.69) is 11.7 Å². The Kier molecular flexibility index (Phi) is 3.20. The van der Waals surface area contributed by atoms with Gasteiger partial charge in [0.25, 0.3) is 0 Å². The van der Waals surface area contributed by atoms with Gasteiger partial charge < -0.3 is 0 Å². The number of thiol groups is 1. The summed E-state index contributed by atoms with van der Waals surface area (Å²) in [7, 11) is 0.907. The van der Waals surface area contributed by atoms with Crippen molar-refractivity contribution in [2.75, 3.05) is 0 Å². The van der Waals surface area contributed by atoms with E-state index in [0.29, 0.717) is 0 Å². The summed E-state index contributed by atoms with van der Waals surface area (Å²) in [6.07, 6.45) is 0. The Bertz CT molecular complexity index is 21.6. The van der Waals surface area contributed by atoms with Crippen molar-refractivity contribution in [1.82, 2.24) is 0 Å². The molecule has 0 aromatic carbocycles. The average molecular weight is 112 g/mol. The number of alkyl halides is 1. The van der Waals surface area contributed by atoms with Crippen LogP contribution < -0.4 is 0 Å². The maximum Gasteiger partial charge on any atom is 0.152 e. The van der Waals surface area contributed by atoms with Crippen molar-refractivity contribution in [2.24, 2.45) is 0 Å². The summed E-state index contributed by atoms with van der Waals surface area (Å²) in [5, 5.41) is 0. The first-order chi connectivity index (χ1) is 2.27. The summed E-state index contributed by atoms with van der Waals surface area (Å²) in [5.74, 6) is 0. The van der Waals surface area contributed by atoms with Crippen LogP contribution in [0.1, 0.15) is 6.92 Å². The molecule has 32 valence electrons. The molecule has 1 unspecified atom stereocenters. The van der Waals surface area contributed by atoms with Crippen molar-refractivity contribution in [3.05, 3.63) is 0 Å². The zero-order chi connectivity index (χ0) is 4.28. The van der Waals surface area contributed by atoms with E-state index in [1.54, 1.807) is 0 Å². The van der Waals surface area contributed by atoms with Gasteiger partial charge in [-0.2, -0.15) is 0 Å². The van der Waals surface area contributed by atoms with Crippen LogP contribution in [0.25, 0.3) is 0 Å². The summed E-state index contributed by atoms with van der Waals surface area (Å²) < 4.78 is 11.3. The predicted octanol–water partition coefficient (Wildman–Crippen LogP) is 1.88. The molecule has 3 heteroatoms. The third-order valence-electron chi connectivity index (χ3n) is 0.145. The second-order valence-electron chi connectivity index (χ2n) is 0.648. The van der Waals surface area contributed by atoms with Crippen LogP contribution in [0.5, 0.6) is 0 Å². The molecule has 0 N–H and O–H groups in total. The molecule has 0 rings (SSSR count). The maximum absolute atomic E-state index is 11.3. The fourth-order valence-corrected chi connectivity index (χ4v) is 0. The molecule has 0 aliphatic rings. The van der Waals surface area contributed by atoms with Gasteiger partial charge in [0.2, 0.25) is 0 Å². The highest BCUT2D eigenvalue weighted by Gasteiger charge is 1.87. The Morgan fingerprint density at radius 3 is 2.20 bits per heavy atom. The largest absolute Gasteiger partial charge is 0.235 e. The van der Waals surface area contributed by atoms with Gasteiger partial charge in [0.1, 0.15) is 0 Å². The Morgan fingerprint density at radius 1 is 2.00 bits per heavy atom. The lowest BCUT2D eigenvalue weighted by Crippen LogP contribution is -1.72. The summed E-state index contributed by atoms with van der Waals surface area (Å²) in [6, 6.07) is 0. The Morgan fingerprint density at radius 2 is 2.20 bits per heavy atom. The molecule has 0 aromatic rings. The quantitative estimate of drug-likeness (QED) is 0.399. The first kappa shape index (κ1) is 5.63. The predicted molar refractivity (Wildman–Crippen MR) is 27.1 cm³/mol. The standard InChI is InChI=1S/C2H5FS2/c1-2(3)5-4/h2,4H,1H3. The Hall–Kier alpha value is 0.630. The maximum atomic E-state index is 11.3. The lowest BCUT2D eigenvalue weighted by molar-refractivity contribution is 0.486. The molecule has 0 bridgehead atoms. The summed E-state index contributed by atoms with van der Waals surface area (Å²) in [6.45, 7) is 1.44. The normalized spacial score (nSPS) is 15.0. The molecular weight excluding hydrogens is 107 g/mol. The fraction of sp³-hybridized carbons (Fsp3) is 1.00. The van der Waals surface area contributed by atoms with E-state index in [9.17, 15) is 4.39 Å². The number of halogens is 1. The summed E-state index contributed by atoms with van der Waals surface area (Å²) in [4.78, 5) is 0. The van der Waals surface area contributed by atoms with Crippen LogP contribution in [-0.4, -0.2) is 5.50 Å². The van der Waals surface area contributed by atoms with Gasteiger partial charge in [-0.25, -0.2) is 4.39 Å². The first-order valence-corrected chi connectivity index (χ1v) is 3.15. The third kappa shape index (κ3) is 4.63. The topological polar surface area (TPSA) is 0 Å². The van der Waals surface area contributed by atoms with Crippen LogP contribution >= 0.6 is 22.5 Å². The van der Waals surface area contributed by atoms with Crippen molar-refractivity contribution >= 4 is 22.5 Å². The highest BCUT2D eigenvalue weighted by molar-refractivity contribution is 8.68. The van der Waals surface area contributed by atoms with E-state index >= 15 is 0 Å². The molecule has 0 saturated carbocycles. The van der Waals surface area contributed by atoms with Crippen molar-refractivity contribution in [3.8, 4) is 0 Å². The summed E-state index contributed by atoms with van der Waals surface area (Å²) >= 11 is 3.56. The first-order valence-electron chi connectivity index (χ1n) is 1.21. The Balaban J connectivity index is 2.54. The molecular formula is C2H5FS2. The molecule has 0 aliphatic carbocycles. The minimum absolute atomic E-state index is 0.835.